The second kappa shape index (κ2) is 17.4. The van der Waals surface area contributed by atoms with Gasteiger partial charge in [0, 0.05) is 94.5 Å². The van der Waals surface area contributed by atoms with E-state index in [1.54, 1.807) is 18.1 Å². The van der Waals surface area contributed by atoms with E-state index < -0.39 is 0 Å². The lowest BCUT2D eigenvalue weighted by Gasteiger charge is -2.39. The molecule has 332 valence electrons. The molecule has 0 radical (unpaired) electrons. The summed E-state index contributed by atoms with van der Waals surface area (Å²) < 4.78 is 1.86. The third-order valence-corrected chi connectivity index (χ3v) is 12.8. The van der Waals surface area contributed by atoms with E-state index in [-0.39, 0.29) is 35.3 Å². The van der Waals surface area contributed by atoms with Crippen LogP contribution < -0.4 is 20.0 Å². The molecule has 17 nitrogen and oxygen atoms in total. The van der Waals surface area contributed by atoms with Crippen molar-refractivity contribution in [2.45, 2.75) is 65.5 Å². The van der Waals surface area contributed by atoms with Crippen molar-refractivity contribution >= 4 is 40.6 Å². The molecule has 3 saturated heterocycles. The fraction of sp³-hybridized carbons (Fsp3) is 0.426. The Kier molecular flexibility index (Phi) is 11.6. The van der Waals surface area contributed by atoms with Crippen LogP contribution in [0.25, 0.3) is 28.0 Å². The zero-order valence-corrected chi connectivity index (χ0v) is 37.5. The normalized spacial score (nSPS) is 17.4. The minimum Gasteiger partial charge on any atom is -0.372 e. The number of aryl methyl sites for hydroxylation is 1. The molecule has 0 aliphatic carbocycles. The van der Waals surface area contributed by atoms with Gasteiger partial charge in [-0.15, -0.1) is 10.2 Å². The van der Waals surface area contributed by atoms with E-state index in [1.165, 1.54) is 15.4 Å². The second-order valence-corrected chi connectivity index (χ2v) is 18.3. The average molecular weight is 865 g/mol. The summed E-state index contributed by atoms with van der Waals surface area (Å²) in [6.45, 7) is 17.3. The first-order valence-corrected chi connectivity index (χ1v) is 22.2. The summed E-state index contributed by atoms with van der Waals surface area (Å²) in [5.41, 5.74) is 7.95. The summed E-state index contributed by atoms with van der Waals surface area (Å²) in [7, 11) is 1.55. The Labute approximate surface area is 373 Å². The zero-order valence-electron chi connectivity index (χ0n) is 37.5. The van der Waals surface area contributed by atoms with E-state index in [1.807, 2.05) is 81.9 Å². The van der Waals surface area contributed by atoms with Crippen LogP contribution in [0.3, 0.4) is 0 Å². The number of tetrazole rings is 1. The number of anilines is 3. The Hall–Kier alpha value is -6.75. The summed E-state index contributed by atoms with van der Waals surface area (Å²) in [4.78, 5) is 59.4. The molecule has 0 unspecified atom stereocenters. The van der Waals surface area contributed by atoms with Gasteiger partial charge in [-0.25, -0.2) is 19.3 Å². The second-order valence-electron chi connectivity index (χ2n) is 18.3. The first-order chi connectivity index (χ1) is 30.8. The Morgan fingerprint density at radius 3 is 2.30 bits per heavy atom. The molecule has 3 fully saturated rings. The summed E-state index contributed by atoms with van der Waals surface area (Å²) in [5, 5.41) is 19.9. The smallest absolute Gasteiger partial charge is 0.330 e. The predicted molar refractivity (Wildman–Crippen MR) is 245 cm³/mol. The lowest BCUT2D eigenvalue weighted by atomic mass is 9.95. The predicted octanol–water partition coefficient (Wildman–Crippen LogP) is 5.83. The van der Waals surface area contributed by atoms with Crippen LogP contribution in [-0.2, 0) is 10.3 Å². The molecular formula is C47H56N14O3. The van der Waals surface area contributed by atoms with Crippen LogP contribution in [0.1, 0.15) is 74.7 Å². The number of fused-ring (bicyclic) bond motifs is 1. The highest BCUT2D eigenvalue weighted by Gasteiger charge is 2.31. The molecule has 3 aliphatic rings. The van der Waals surface area contributed by atoms with Crippen LogP contribution in [0.2, 0.25) is 0 Å². The van der Waals surface area contributed by atoms with Crippen LogP contribution in [0.4, 0.5) is 22.0 Å². The Morgan fingerprint density at radius 2 is 1.61 bits per heavy atom. The molecule has 3 aliphatic heterocycles. The number of hydrogen-bond acceptors (Lipinski definition) is 12. The number of carbonyl (C=O) groups is 3. The van der Waals surface area contributed by atoms with Crippen molar-refractivity contribution in [1.29, 1.82) is 0 Å². The van der Waals surface area contributed by atoms with Crippen LogP contribution >= 0.6 is 0 Å². The highest BCUT2D eigenvalue weighted by molar-refractivity contribution is 6.05. The van der Waals surface area contributed by atoms with Gasteiger partial charge in [0.15, 0.2) is 0 Å². The number of aromatic nitrogens is 8. The monoisotopic (exact) mass is 864 g/mol. The Bertz CT molecular complexity index is 2650. The highest BCUT2D eigenvalue weighted by atomic mass is 16.2. The maximum absolute atomic E-state index is 13.0. The molecule has 17 heteroatoms. The minimum atomic E-state index is -0.379. The van der Waals surface area contributed by atoms with Crippen LogP contribution in [0.15, 0.2) is 79.3 Å². The van der Waals surface area contributed by atoms with Crippen molar-refractivity contribution in [2.75, 3.05) is 74.1 Å². The number of urea groups is 1. The van der Waals surface area contributed by atoms with Gasteiger partial charge in [-0.3, -0.25) is 24.3 Å². The van der Waals surface area contributed by atoms with Gasteiger partial charge in [0.1, 0.15) is 5.82 Å². The number of hydrogen-bond donors (Lipinski definition) is 1. The molecule has 9 rings (SSSR count). The number of benzene rings is 2. The van der Waals surface area contributed by atoms with Gasteiger partial charge in [-0.05, 0) is 118 Å². The molecule has 1 atom stereocenters. The van der Waals surface area contributed by atoms with Gasteiger partial charge in [-0.2, -0.15) is 9.90 Å². The van der Waals surface area contributed by atoms with Gasteiger partial charge in [0.25, 0.3) is 11.7 Å². The van der Waals surface area contributed by atoms with Gasteiger partial charge < -0.3 is 15.1 Å². The number of pyridine rings is 1. The Balaban J connectivity index is 0.782. The molecular weight excluding hydrogens is 809 g/mol. The largest absolute Gasteiger partial charge is 0.372 e. The van der Waals surface area contributed by atoms with Crippen molar-refractivity contribution < 1.29 is 14.4 Å². The third-order valence-electron chi connectivity index (χ3n) is 12.8. The van der Waals surface area contributed by atoms with E-state index in [2.05, 4.69) is 70.9 Å². The van der Waals surface area contributed by atoms with Gasteiger partial charge >= 0.3 is 6.03 Å². The molecule has 2 aromatic carbocycles. The van der Waals surface area contributed by atoms with E-state index in [9.17, 15) is 14.4 Å². The lowest BCUT2D eigenvalue weighted by molar-refractivity contribution is -0.127. The third kappa shape index (κ3) is 8.76. The zero-order chi connectivity index (χ0) is 44.7. The average Bonchev–Trinajstić information content (AvgIpc) is 4.01. The number of nitrogens with zero attached hydrogens (tertiary/aromatic N) is 13. The van der Waals surface area contributed by atoms with Gasteiger partial charge in [0.05, 0.1) is 40.9 Å². The van der Waals surface area contributed by atoms with Crippen molar-refractivity contribution in [2.24, 2.45) is 5.92 Å². The fourth-order valence-electron chi connectivity index (χ4n) is 8.98. The molecule has 6 aromatic rings. The quantitative estimate of drug-likeness (QED) is 0.176. The lowest BCUT2D eigenvalue weighted by Crippen LogP contribution is -2.50. The van der Waals surface area contributed by atoms with E-state index in [0.29, 0.717) is 18.9 Å². The van der Waals surface area contributed by atoms with Crippen LogP contribution in [0, 0.1) is 12.8 Å². The van der Waals surface area contributed by atoms with Crippen molar-refractivity contribution in [3.05, 3.63) is 96.2 Å². The van der Waals surface area contributed by atoms with E-state index >= 15 is 0 Å². The molecule has 64 heavy (non-hydrogen) atoms. The van der Waals surface area contributed by atoms with Crippen LogP contribution in [-0.4, -0.2) is 127 Å². The minimum absolute atomic E-state index is 0.0371. The van der Waals surface area contributed by atoms with E-state index in [4.69, 9.17) is 9.97 Å². The van der Waals surface area contributed by atoms with Crippen molar-refractivity contribution in [3.63, 3.8) is 0 Å². The standard InChI is InChI=1S/C47H56N14O3/c1-31-27-34(7-13-38(31)32(2)50-45(63)44-52-54-61(53-44)47(3,4)5)43-40-15-19-49-60(40)30-39(51-43)35-8-14-41(48-28-35)58-25-23-56(24-26-58)29-33-16-20-57(21-17-33)36-9-11-37(12-10-36)59-22-18-42(62)55(6)46(59)64/h7-15,19,27-28,30,32-33H,16-18,20-26,29H2,1-6H3,(H,50,63)/t32-/m1/s1. The molecule has 7 heterocycles. The SMILES string of the molecule is Cc1cc(-c2nc(-c3ccc(N4CCN(CC5CCN(c6ccc(N7CCC(=O)N(C)C7=O)cc6)CC5)CC4)nc3)cn3nccc23)ccc1[C@@H](C)NC(=O)c1nnn(C(C)(C)C)n1. The number of piperazine rings is 1. The van der Waals surface area contributed by atoms with Gasteiger partial charge in [-0.1, -0.05) is 12.1 Å². The van der Waals surface area contributed by atoms with Gasteiger partial charge in [0.2, 0.25) is 5.91 Å². The number of rotatable bonds is 10. The first kappa shape index (κ1) is 42.5. The molecule has 1 N–H and O–H groups in total. The summed E-state index contributed by atoms with van der Waals surface area (Å²) in [6, 6.07) is 20.0. The van der Waals surface area contributed by atoms with E-state index in [0.717, 1.165) is 109 Å². The number of carbonyl (C=O) groups excluding carboxylic acids is 3. The molecule has 0 saturated carbocycles. The summed E-state index contributed by atoms with van der Waals surface area (Å²) in [5.74, 6) is 1.15. The van der Waals surface area contributed by atoms with Crippen LogP contribution in [0.5, 0.6) is 0 Å². The number of imide groups is 1. The summed E-state index contributed by atoms with van der Waals surface area (Å²) >= 11 is 0. The number of piperidine rings is 1. The van der Waals surface area contributed by atoms with Crippen molar-refractivity contribution in [3.8, 4) is 22.5 Å². The Morgan fingerprint density at radius 1 is 0.875 bits per heavy atom. The number of nitrogens with one attached hydrogen (secondary N) is 1. The first-order valence-electron chi connectivity index (χ1n) is 22.2. The molecule has 0 bridgehead atoms. The summed E-state index contributed by atoms with van der Waals surface area (Å²) in [6.07, 6.45) is 8.28. The maximum atomic E-state index is 13.0. The molecule has 0 spiro atoms. The molecule has 4 amide bonds. The van der Waals surface area contributed by atoms with Crippen molar-refractivity contribution in [1.82, 2.24) is 54.9 Å². The topological polar surface area (TPSA) is 166 Å². The molecule has 4 aromatic heterocycles. The maximum Gasteiger partial charge on any atom is 0.330 e. The fourth-order valence-corrected chi connectivity index (χ4v) is 8.98. The number of amides is 4. The highest BCUT2D eigenvalue weighted by Crippen LogP contribution is 2.32.